The van der Waals surface area contributed by atoms with E-state index in [4.69, 9.17) is 0 Å². The second-order valence-electron chi connectivity index (χ2n) is 9.08. The van der Waals surface area contributed by atoms with E-state index in [2.05, 4.69) is 89.6 Å². The van der Waals surface area contributed by atoms with Crippen molar-refractivity contribution in [2.45, 2.75) is 46.4 Å². The van der Waals surface area contributed by atoms with Crippen LogP contribution in [0.1, 0.15) is 28.6 Å². The minimum absolute atomic E-state index is 0. The van der Waals surface area contributed by atoms with Gasteiger partial charge in [-0.15, -0.1) is 0 Å². The van der Waals surface area contributed by atoms with Crippen LogP contribution < -0.4 is 24.8 Å². The van der Waals surface area contributed by atoms with Crippen LogP contribution in [0.5, 0.6) is 0 Å². The third kappa shape index (κ3) is 4.08. The summed E-state index contributed by atoms with van der Waals surface area (Å²) in [6, 6.07) is 18.3. The molecule has 4 rings (SSSR count). The summed E-state index contributed by atoms with van der Waals surface area (Å²) in [5.74, 6) is 0. The van der Waals surface area contributed by atoms with E-state index in [0.717, 1.165) is 0 Å². The molecule has 2 aliphatic carbocycles. The molecule has 0 amide bonds. The smallest absolute Gasteiger partial charge is 1.00 e. The minimum atomic E-state index is -2.58. The fourth-order valence-corrected chi connectivity index (χ4v) is 20.6. The molecule has 0 fully saturated rings. The molecule has 0 atom stereocenters. The van der Waals surface area contributed by atoms with Crippen molar-refractivity contribution in [2.24, 2.45) is 0 Å². The Morgan fingerprint density at radius 2 is 1.29 bits per heavy atom. The summed E-state index contributed by atoms with van der Waals surface area (Å²) in [4.78, 5) is 0. The van der Waals surface area contributed by atoms with Crippen LogP contribution >= 0.6 is 0 Å². The van der Waals surface area contributed by atoms with Crippen molar-refractivity contribution < 1.29 is 45.1 Å². The maximum absolute atomic E-state index is 2.68. The van der Waals surface area contributed by atoms with Gasteiger partial charge in [0.25, 0.3) is 0 Å². The Bertz CT molecular complexity index is 861. The predicted octanol–water partition coefficient (Wildman–Crippen LogP) is 1.74. The molecular weight excluding hydrogens is 478 g/mol. The van der Waals surface area contributed by atoms with Gasteiger partial charge in [-0.25, -0.2) is 0 Å². The Kier molecular flexibility index (Phi) is 8.40. The van der Waals surface area contributed by atoms with Crippen LogP contribution in [0.2, 0.25) is 28.9 Å². The molecule has 2 aromatic rings. The van der Waals surface area contributed by atoms with E-state index >= 15 is 0 Å². The van der Waals surface area contributed by atoms with Gasteiger partial charge in [-0.3, -0.25) is 0 Å². The normalized spacial score (nSPS) is 14.8. The molecule has 0 heterocycles. The molecule has 0 radical (unpaired) electrons. The molecule has 4 heteroatoms. The van der Waals surface area contributed by atoms with Crippen molar-refractivity contribution in [3.05, 3.63) is 80.3 Å². The Morgan fingerprint density at radius 3 is 1.75 bits per heavy atom. The van der Waals surface area contributed by atoms with Crippen molar-refractivity contribution in [3.63, 3.8) is 0 Å². The number of benzene rings is 2. The third-order valence-electron chi connectivity index (χ3n) is 6.07. The quantitative estimate of drug-likeness (QED) is 0.552. The minimum Gasteiger partial charge on any atom is -1.00 e. The molecule has 0 N–H and O–H groups in total. The largest absolute Gasteiger partial charge is 1.00 e. The summed E-state index contributed by atoms with van der Waals surface area (Å²) in [6.07, 6.45) is 6.13. The van der Waals surface area contributed by atoms with Gasteiger partial charge in [-0.2, -0.15) is 0 Å². The SMILES string of the molecule is C.C[Si](C)(C)C1=[C]([Zr+2]([CH3])([CH3])[CH]2c3ccccc3-c3ccccc32)CC=C1.[Cl-].[Cl-]. The Balaban J connectivity index is 0.00000131. The molecule has 0 aliphatic heterocycles. The van der Waals surface area contributed by atoms with Gasteiger partial charge in [-0.05, 0) is 0 Å². The van der Waals surface area contributed by atoms with E-state index in [-0.39, 0.29) is 32.2 Å². The van der Waals surface area contributed by atoms with Crippen LogP contribution in [0.4, 0.5) is 0 Å². The molecule has 0 unspecified atom stereocenters. The first-order valence-electron chi connectivity index (χ1n) is 9.40. The predicted molar refractivity (Wildman–Crippen MR) is 116 cm³/mol. The molecule has 0 bridgehead atoms. The first-order chi connectivity index (χ1) is 11.8. The zero-order valence-electron chi connectivity index (χ0n) is 16.8. The number of hydrogen-bond acceptors (Lipinski definition) is 0. The van der Waals surface area contributed by atoms with Crippen LogP contribution in [-0.4, -0.2) is 8.07 Å². The Labute approximate surface area is 189 Å². The molecule has 0 aromatic heterocycles. The standard InChI is InChI=1S/C13H9.C8H13Si.CH4.2CH3.2ClH.Zr/c1-3-7-12-10(5-1)9-11-6-2-4-8-13(11)12;1-9(2,3)8-6-4-5-7-8;;;;;;/h1-9H;4,6H,5H2,1-3H3;1H4;2*1H3;2*1H;/q;;;;;;;+2/p-2. The van der Waals surface area contributed by atoms with Gasteiger partial charge >= 0.3 is 159 Å². The van der Waals surface area contributed by atoms with Crippen molar-refractivity contribution in [2.75, 3.05) is 0 Å². The second-order valence-corrected chi connectivity index (χ2v) is 25.5. The number of hydrogen-bond donors (Lipinski definition) is 0. The van der Waals surface area contributed by atoms with Crippen molar-refractivity contribution >= 4 is 8.07 Å². The average molecular weight is 511 g/mol. The van der Waals surface area contributed by atoms with Gasteiger partial charge in [0.1, 0.15) is 0 Å². The van der Waals surface area contributed by atoms with Crippen molar-refractivity contribution in [1.82, 2.24) is 0 Å². The third-order valence-corrected chi connectivity index (χ3v) is 18.8. The molecule has 0 saturated carbocycles. The van der Waals surface area contributed by atoms with Crippen molar-refractivity contribution in [1.29, 1.82) is 0 Å². The van der Waals surface area contributed by atoms with Crippen LogP contribution in [-0.2, 0) is 20.3 Å². The summed E-state index contributed by atoms with van der Waals surface area (Å²) >= 11 is -2.58. The van der Waals surface area contributed by atoms with Gasteiger partial charge < -0.3 is 24.8 Å². The maximum atomic E-state index is 2.68. The maximum Gasteiger partial charge on any atom is -1.00 e. The zero-order valence-corrected chi connectivity index (χ0v) is 21.8. The van der Waals surface area contributed by atoms with Gasteiger partial charge in [0.15, 0.2) is 0 Å². The number of rotatable bonds is 3. The average Bonchev–Trinajstić information content (AvgIpc) is 3.18. The van der Waals surface area contributed by atoms with E-state index in [1.165, 1.54) is 17.5 Å². The van der Waals surface area contributed by atoms with Crippen LogP contribution in [0.15, 0.2) is 69.2 Å². The molecule has 0 saturated heterocycles. The van der Waals surface area contributed by atoms with E-state index < -0.39 is 28.3 Å². The molecule has 0 spiro atoms. The van der Waals surface area contributed by atoms with Gasteiger partial charge in [0.2, 0.25) is 0 Å². The monoisotopic (exact) mass is 508 g/mol. The molecule has 28 heavy (non-hydrogen) atoms. The van der Waals surface area contributed by atoms with Crippen molar-refractivity contribution in [3.8, 4) is 11.1 Å². The van der Waals surface area contributed by atoms with Gasteiger partial charge in [0.05, 0.1) is 0 Å². The van der Waals surface area contributed by atoms with E-state index in [0.29, 0.717) is 3.63 Å². The van der Waals surface area contributed by atoms with Gasteiger partial charge in [-0.1, -0.05) is 7.43 Å². The van der Waals surface area contributed by atoms with E-state index in [9.17, 15) is 0 Å². The Hall–Kier alpha value is -0.400. The molecule has 2 aliphatic rings. The number of fused-ring (bicyclic) bond motifs is 3. The second kappa shape index (κ2) is 9.17. The van der Waals surface area contributed by atoms with Gasteiger partial charge in [0, 0.05) is 0 Å². The summed E-state index contributed by atoms with van der Waals surface area (Å²) in [5.41, 5.74) is 6.15. The summed E-state index contributed by atoms with van der Waals surface area (Å²) in [6.45, 7) is 7.53. The van der Waals surface area contributed by atoms with Crippen LogP contribution in [0.3, 0.4) is 0 Å². The zero-order chi connectivity index (χ0) is 17.8. The van der Waals surface area contributed by atoms with Crippen LogP contribution in [0.25, 0.3) is 11.1 Å². The molecule has 2 aromatic carbocycles. The van der Waals surface area contributed by atoms with E-state index in [1.54, 1.807) is 16.3 Å². The fourth-order valence-electron chi connectivity index (χ4n) is 4.93. The van der Waals surface area contributed by atoms with Crippen LogP contribution in [0, 0.1) is 0 Å². The summed E-state index contributed by atoms with van der Waals surface area (Å²) in [5, 5.41) is 1.76. The Morgan fingerprint density at radius 1 is 0.821 bits per heavy atom. The fraction of sp³-hybridized carbons (Fsp3) is 0.333. The topological polar surface area (TPSA) is 0 Å². The summed E-state index contributed by atoms with van der Waals surface area (Å²) in [7, 11) is -1.29. The number of allylic oxidation sites excluding steroid dienone is 4. The number of halogens is 2. The first-order valence-corrected chi connectivity index (χ1v) is 20.5. The summed E-state index contributed by atoms with van der Waals surface area (Å²) < 4.78 is 7.90. The molecular formula is C24H32Cl2SiZr. The first kappa shape index (κ1) is 25.6. The molecule has 0 nitrogen and oxygen atoms in total. The van der Waals surface area contributed by atoms with E-state index in [1.807, 2.05) is 3.28 Å². The molecule has 150 valence electrons.